The molecule has 144 valence electrons. The lowest BCUT2D eigenvalue weighted by atomic mass is 10.2. The fourth-order valence-electron chi connectivity index (χ4n) is 2.89. The van der Waals surface area contributed by atoms with Crippen LogP contribution in [0, 0.1) is 6.92 Å². The zero-order chi connectivity index (χ0) is 20.4. The molecule has 7 heteroatoms. The van der Waals surface area contributed by atoms with E-state index in [4.69, 9.17) is 23.2 Å². The summed E-state index contributed by atoms with van der Waals surface area (Å²) in [6, 6.07) is 22.2. The van der Waals surface area contributed by atoms with Crippen LogP contribution in [-0.4, -0.2) is 20.7 Å². The Balaban J connectivity index is 1.77. The van der Waals surface area contributed by atoms with E-state index >= 15 is 0 Å². The van der Waals surface area contributed by atoms with Crippen LogP contribution in [0.1, 0.15) is 16.2 Å². The average Bonchev–Trinajstić information content (AvgIpc) is 3.16. The van der Waals surface area contributed by atoms with Crippen molar-refractivity contribution in [3.8, 4) is 17.1 Å². The van der Waals surface area contributed by atoms with Crippen molar-refractivity contribution < 1.29 is 4.79 Å². The number of anilines is 1. The van der Waals surface area contributed by atoms with Crippen molar-refractivity contribution in [2.75, 3.05) is 5.32 Å². The zero-order valence-corrected chi connectivity index (χ0v) is 16.9. The van der Waals surface area contributed by atoms with E-state index in [2.05, 4.69) is 15.4 Å². The molecule has 4 rings (SSSR count). The van der Waals surface area contributed by atoms with Gasteiger partial charge in [0.05, 0.1) is 15.7 Å². The Hall–Kier alpha value is -3.15. The Labute approximate surface area is 177 Å². The molecule has 0 aliphatic heterocycles. The molecule has 0 saturated carbocycles. The first kappa shape index (κ1) is 19.2. The molecule has 0 unspecified atom stereocenters. The van der Waals surface area contributed by atoms with Crippen LogP contribution in [0.5, 0.6) is 0 Å². The molecule has 3 aromatic carbocycles. The SMILES string of the molecule is Cc1cccc(NC(=O)c2nc(-c3ccccc3)n(-c3ccc(Cl)c(Cl)c3)n2)c1. The standard InChI is InChI=1S/C22H16Cl2N4O/c1-14-6-5-9-16(12-14)25-22(29)20-26-21(15-7-3-2-4-8-15)28(27-20)17-10-11-18(23)19(24)13-17/h2-13H,1H3,(H,25,29). The molecular weight excluding hydrogens is 407 g/mol. The molecule has 0 spiro atoms. The molecule has 0 saturated heterocycles. The van der Waals surface area contributed by atoms with Gasteiger partial charge < -0.3 is 5.32 Å². The molecule has 1 aromatic heterocycles. The lowest BCUT2D eigenvalue weighted by molar-refractivity contribution is 0.101. The molecule has 0 bridgehead atoms. The Kier molecular flexibility index (Phi) is 5.34. The lowest BCUT2D eigenvalue weighted by Gasteiger charge is -2.07. The van der Waals surface area contributed by atoms with Gasteiger partial charge >= 0.3 is 0 Å². The number of aromatic nitrogens is 3. The van der Waals surface area contributed by atoms with E-state index in [1.54, 1.807) is 22.9 Å². The summed E-state index contributed by atoms with van der Waals surface area (Å²) in [4.78, 5) is 17.3. The molecule has 1 N–H and O–H groups in total. The maximum Gasteiger partial charge on any atom is 0.295 e. The molecular formula is C22H16Cl2N4O. The maximum absolute atomic E-state index is 12.8. The fourth-order valence-corrected chi connectivity index (χ4v) is 3.18. The van der Waals surface area contributed by atoms with Crippen LogP contribution in [0.2, 0.25) is 10.0 Å². The Morgan fingerprint density at radius 2 is 1.72 bits per heavy atom. The fraction of sp³-hybridized carbons (Fsp3) is 0.0455. The smallest absolute Gasteiger partial charge is 0.295 e. The van der Waals surface area contributed by atoms with Crippen LogP contribution in [0.25, 0.3) is 17.1 Å². The van der Waals surface area contributed by atoms with E-state index in [0.29, 0.717) is 27.2 Å². The number of hydrogen-bond acceptors (Lipinski definition) is 3. The summed E-state index contributed by atoms with van der Waals surface area (Å²) < 4.78 is 1.59. The van der Waals surface area contributed by atoms with Gasteiger partial charge in [0.25, 0.3) is 5.91 Å². The van der Waals surface area contributed by atoms with Gasteiger partial charge in [-0.25, -0.2) is 9.67 Å². The molecule has 0 atom stereocenters. The van der Waals surface area contributed by atoms with Crippen molar-refractivity contribution in [2.24, 2.45) is 0 Å². The van der Waals surface area contributed by atoms with Gasteiger partial charge in [-0.15, -0.1) is 5.10 Å². The number of hydrogen-bond donors (Lipinski definition) is 1. The first-order valence-corrected chi connectivity index (χ1v) is 9.63. The number of carbonyl (C=O) groups excluding carboxylic acids is 1. The summed E-state index contributed by atoms with van der Waals surface area (Å²) in [6.45, 7) is 1.96. The first-order chi connectivity index (χ1) is 14.0. The van der Waals surface area contributed by atoms with Crippen LogP contribution in [-0.2, 0) is 0 Å². The van der Waals surface area contributed by atoms with Gasteiger partial charge in [0.1, 0.15) is 0 Å². The summed E-state index contributed by atoms with van der Waals surface area (Å²) in [5.41, 5.74) is 3.20. The minimum absolute atomic E-state index is 0.0523. The van der Waals surface area contributed by atoms with Gasteiger partial charge in [0.2, 0.25) is 5.82 Å². The van der Waals surface area contributed by atoms with Crippen molar-refractivity contribution in [1.29, 1.82) is 0 Å². The number of nitrogens with zero attached hydrogens (tertiary/aromatic N) is 3. The number of nitrogens with one attached hydrogen (secondary N) is 1. The molecule has 0 fully saturated rings. The van der Waals surface area contributed by atoms with Crippen LogP contribution < -0.4 is 5.32 Å². The highest BCUT2D eigenvalue weighted by Gasteiger charge is 2.19. The van der Waals surface area contributed by atoms with Crippen LogP contribution in [0.3, 0.4) is 0 Å². The zero-order valence-electron chi connectivity index (χ0n) is 15.4. The number of carbonyl (C=O) groups is 1. The van der Waals surface area contributed by atoms with E-state index in [0.717, 1.165) is 11.1 Å². The van der Waals surface area contributed by atoms with E-state index in [-0.39, 0.29) is 5.82 Å². The first-order valence-electron chi connectivity index (χ1n) is 8.87. The highest BCUT2D eigenvalue weighted by molar-refractivity contribution is 6.42. The number of benzene rings is 3. The van der Waals surface area contributed by atoms with Gasteiger partial charge in [-0.05, 0) is 42.8 Å². The van der Waals surface area contributed by atoms with Crippen molar-refractivity contribution in [1.82, 2.24) is 14.8 Å². The monoisotopic (exact) mass is 422 g/mol. The highest BCUT2D eigenvalue weighted by Crippen LogP contribution is 2.27. The van der Waals surface area contributed by atoms with Crippen LogP contribution in [0.15, 0.2) is 72.8 Å². The quantitative estimate of drug-likeness (QED) is 0.451. The third-order valence-corrected chi connectivity index (χ3v) is 5.00. The van der Waals surface area contributed by atoms with Crippen LogP contribution >= 0.6 is 23.2 Å². The molecule has 0 radical (unpaired) electrons. The lowest BCUT2D eigenvalue weighted by Crippen LogP contribution is -2.14. The van der Waals surface area contributed by atoms with Crippen LogP contribution in [0.4, 0.5) is 5.69 Å². The van der Waals surface area contributed by atoms with E-state index in [1.165, 1.54) is 0 Å². The van der Waals surface area contributed by atoms with E-state index in [9.17, 15) is 4.79 Å². The van der Waals surface area contributed by atoms with Gasteiger partial charge in [-0.1, -0.05) is 65.7 Å². The minimum atomic E-state index is -0.397. The number of rotatable bonds is 4. The number of halogens is 2. The van der Waals surface area contributed by atoms with Crippen molar-refractivity contribution >= 4 is 34.8 Å². The summed E-state index contributed by atoms with van der Waals surface area (Å²) >= 11 is 12.2. The summed E-state index contributed by atoms with van der Waals surface area (Å²) in [7, 11) is 0. The summed E-state index contributed by atoms with van der Waals surface area (Å²) in [6.07, 6.45) is 0. The number of aryl methyl sites for hydroxylation is 1. The van der Waals surface area contributed by atoms with Gasteiger partial charge in [0.15, 0.2) is 5.82 Å². The molecule has 0 aliphatic rings. The third-order valence-electron chi connectivity index (χ3n) is 4.27. The second-order valence-electron chi connectivity index (χ2n) is 6.46. The molecule has 0 aliphatic carbocycles. The molecule has 1 amide bonds. The topological polar surface area (TPSA) is 59.8 Å². The highest BCUT2D eigenvalue weighted by atomic mass is 35.5. The largest absolute Gasteiger partial charge is 0.319 e. The van der Waals surface area contributed by atoms with Crippen molar-refractivity contribution in [3.05, 3.63) is 94.2 Å². The number of amides is 1. The van der Waals surface area contributed by atoms with Crippen molar-refractivity contribution in [3.63, 3.8) is 0 Å². The van der Waals surface area contributed by atoms with Gasteiger partial charge in [-0.3, -0.25) is 4.79 Å². The predicted octanol–water partition coefficient (Wildman–Crippen LogP) is 5.80. The molecule has 29 heavy (non-hydrogen) atoms. The Bertz CT molecular complexity index is 1190. The van der Waals surface area contributed by atoms with Crippen molar-refractivity contribution in [2.45, 2.75) is 6.92 Å². The summed E-state index contributed by atoms with van der Waals surface area (Å²) in [5.74, 6) is 0.182. The maximum atomic E-state index is 12.8. The second-order valence-corrected chi connectivity index (χ2v) is 7.27. The van der Waals surface area contributed by atoms with Gasteiger partial charge in [0, 0.05) is 11.3 Å². The third kappa shape index (κ3) is 4.16. The Morgan fingerprint density at radius 1 is 0.931 bits per heavy atom. The normalized spacial score (nSPS) is 10.7. The molecule has 5 nitrogen and oxygen atoms in total. The van der Waals surface area contributed by atoms with E-state index in [1.807, 2.05) is 61.5 Å². The van der Waals surface area contributed by atoms with E-state index < -0.39 is 5.91 Å². The summed E-state index contributed by atoms with van der Waals surface area (Å²) in [5, 5.41) is 8.11. The molecule has 1 heterocycles. The predicted molar refractivity (Wildman–Crippen MR) is 116 cm³/mol. The second kappa shape index (κ2) is 8.07. The molecule has 4 aromatic rings. The minimum Gasteiger partial charge on any atom is -0.319 e. The Morgan fingerprint density at radius 3 is 2.45 bits per heavy atom. The van der Waals surface area contributed by atoms with Gasteiger partial charge in [-0.2, -0.15) is 0 Å². The average molecular weight is 423 g/mol.